The van der Waals surface area contributed by atoms with Crippen LogP contribution in [0, 0.1) is 29.1 Å². The van der Waals surface area contributed by atoms with E-state index >= 15 is 0 Å². The molecule has 0 unspecified atom stereocenters. The summed E-state index contributed by atoms with van der Waals surface area (Å²) in [6.07, 6.45) is -2.51. The van der Waals surface area contributed by atoms with Gasteiger partial charge in [0.05, 0.1) is 10.9 Å². The standard InChI is InChI=1S/C22H14F8O/c1-2-3-4-11-5-14(23)18(15(24)6-11)12-7-13-9-17(26)21(31-10-22(28,29)30)20(27)19(13)16(25)8-12/h2,5-9H,1,3-4,10H2. The van der Waals surface area contributed by atoms with Crippen molar-refractivity contribution < 1.29 is 39.9 Å². The summed E-state index contributed by atoms with van der Waals surface area (Å²) in [4.78, 5) is 0. The van der Waals surface area contributed by atoms with Crippen LogP contribution in [-0.4, -0.2) is 12.8 Å². The van der Waals surface area contributed by atoms with Crippen LogP contribution >= 0.6 is 0 Å². The lowest BCUT2D eigenvalue weighted by Gasteiger charge is -2.14. The molecule has 1 nitrogen and oxygen atoms in total. The van der Waals surface area contributed by atoms with Crippen LogP contribution in [0.3, 0.4) is 0 Å². The normalized spacial score (nSPS) is 11.7. The second-order valence-corrected chi connectivity index (χ2v) is 6.72. The van der Waals surface area contributed by atoms with E-state index in [1.807, 2.05) is 0 Å². The molecule has 3 aromatic carbocycles. The number of benzene rings is 3. The first-order valence-electron chi connectivity index (χ1n) is 8.92. The molecule has 0 radical (unpaired) electrons. The van der Waals surface area contributed by atoms with Gasteiger partial charge in [-0.15, -0.1) is 6.58 Å². The number of allylic oxidation sites excluding steroid dienone is 1. The average Bonchev–Trinajstić information content (AvgIpc) is 2.64. The topological polar surface area (TPSA) is 9.23 Å². The van der Waals surface area contributed by atoms with Crippen molar-refractivity contribution >= 4 is 10.8 Å². The molecule has 3 rings (SSSR count). The lowest BCUT2D eigenvalue weighted by molar-refractivity contribution is -0.154. The van der Waals surface area contributed by atoms with Crippen molar-refractivity contribution in [1.82, 2.24) is 0 Å². The van der Waals surface area contributed by atoms with Gasteiger partial charge in [-0.3, -0.25) is 0 Å². The number of alkyl halides is 3. The maximum absolute atomic E-state index is 14.6. The summed E-state index contributed by atoms with van der Waals surface area (Å²) >= 11 is 0. The molecule has 0 fully saturated rings. The molecule has 9 heteroatoms. The molecule has 0 bridgehead atoms. The Labute approximate surface area is 171 Å². The fourth-order valence-corrected chi connectivity index (χ4v) is 3.14. The summed E-state index contributed by atoms with van der Waals surface area (Å²) < 4.78 is 113. The molecule has 0 N–H and O–H groups in total. The van der Waals surface area contributed by atoms with Gasteiger partial charge in [0, 0.05) is 0 Å². The van der Waals surface area contributed by atoms with Gasteiger partial charge in [-0.25, -0.2) is 22.0 Å². The molecular formula is C22H14F8O. The zero-order chi connectivity index (χ0) is 22.9. The Morgan fingerprint density at radius 2 is 1.48 bits per heavy atom. The Morgan fingerprint density at radius 1 is 0.839 bits per heavy atom. The van der Waals surface area contributed by atoms with E-state index in [9.17, 15) is 35.1 Å². The lowest BCUT2D eigenvalue weighted by Crippen LogP contribution is -2.20. The minimum atomic E-state index is -4.87. The molecule has 0 saturated heterocycles. The van der Waals surface area contributed by atoms with Crippen LogP contribution < -0.4 is 4.74 Å². The monoisotopic (exact) mass is 446 g/mol. The van der Waals surface area contributed by atoms with Crippen LogP contribution in [0.25, 0.3) is 21.9 Å². The molecule has 0 aliphatic carbocycles. The molecule has 31 heavy (non-hydrogen) atoms. The third-order valence-electron chi connectivity index (χ3n) is 4.45. The fraction of sp³-hybridized carbons (Fsp3) is 0.182. The molecule has 0 atom stereocenters. The van der Waals surface area contributed by atoms with Gasteiger partial charge in [-0.2, -0.15) is 13.2 Å². The van der Waals surface area contributed by atoms with Gasteiger partial charge in [0.2, 0.25) is 0 Å². The summed E-state index contributed by atoms with van der Waals surface area (Å²) in [5.41, 5.74) is -0.608. The maximum Gasteiger partial charge on any atom is 0.422 e. The van der Waals surface area contributed by atoms with Crippen LogP contribution in [0.2, 0.25) is 0 Å². The maximum atomic E-state index is 14.6. The van der Waals surface area contributed by atoms with Crippen molar-refractivity contribution in [3.8, 4) is 16.9 Å². The van der Waals surface area contributed by atoms with Crippen LogP contribution in [0.4, 0.5) is 35.1 Å². The molecule has 0 amide bonds. The van der Waals surface area contributed by atoms with E-state index < -0.39 is 64.0 Å². The summed E-state index contributed by atoms with van der Waals surface area (Å²) in [6, 6.07) is 4.19. The minimum Gasteiger partial charge on any atom is -0.478 e. The Hall–Kier alpha value is -3.10. The number of hydrogen-bond donors (Lipinski definition) is 0. The Balaban J connectivity index is 2.10. The zero-order valence-corrected chi connectivity index (χ0v) is 15.7. The van der Waals surface area contributed by atoms with Gasteiger partial charge in [0.1, 0.15) is 17.5 Å². The number of aryl methyl sites for hydroxylation is 1. The van der Waals surface area contributed by atoms with E-state index in [1.165, 1.54) is 0 Å². The molecule has 0 spiro atoms. The third kappa shape index (κ3) is 4.81. The van der Waals surface area contributed by atoms with Gasteiger partial charge in [-0.05, 0) is 59.7 Å². The number of ether oxygens (including phenoxy) is 1. The second-order valence-electron chi connectivity index (χ2n) is 6.72. The molecular weight excluding hydrogens is 432 g/mol. The van der Waals surface area contributed by atoms with Crippen molar-refractivity contribution in [3.63, 3.8) is 0 Å². The number of fused-ring (bicyclic) bond motifs is 1. The van der Waals surface area contributed by atoms with Gasteiger partial charge in [-0.1, -0.05) is 6.08 Å². The highest BCUT2D eigenvalue weighted by molar-refractivity contribution is 5.90. The molecule has 0 aliphatic rings. The summed E-state index contributed by atoms with van der Waals surface area (Å²) in [5, 5.41) is -1.32. The third-order valence-corrected chi connectivity index (χ3v) is 4.45. The molecule has 0 heterocycles. The SMILES string of the molecule is C=CCCc1cc(F)c(-c2cc(F)c3c(F)c(OCC(F)(F)F)c(F)cc3c2)c(F)c1. The molecule has 164 valence electrons. The van der Waals surface area contributed by atoms with E-state index in [2.05, 4.69) is 11.3 Å². The van der Waals surface area contributed by atoms with Crippen molar-refractivity contribution in [2.75, 3.05) is 6.61 Å². The van der Waals surface area contributed by atoms with Crippen LogP contribution in [0.15, 0.2) is 43.0 Å². The van der Waals surface area contributed by atoms with Crippen molar-refractivity contribution in [1.29, 1.82) is 0 Å². The fourth-order valence-electron chi connectivity index (χ4n) is 3.14. The van der Waals surface area contributed by atoms with E-state index in [0.717, 1.165) is 18.2 Å². The van der Waals surface area contributed by atoms with E-state index in [1.54, 1.807) is 6.08 Å². The van der Waals surface area contributed by atoms with E-state index in [4.69, 9.17) is 0 Å². The highest BCUT2D eigenvalue weighted by Gasteiger charge is 2.30. The van der Waals surface area contributed by atoms with E-state index in [0.29, 0.717) is 30.5 Å². The highest BCUT2D eigenvalue weighted by atomic mass is 19.4. The first-order chi connectivity index (χ1) is 14.5. The highest BCUT2D eigenvalue weighted by Crippen LogP contribution is 2.37. The van der Waals surface area contributed by atoms with Gasteiger partial charge in [0.25, 0.3) is 0 Å². The largest absolute Gasteiger partial charge is 0.478 e. The van der Waals surface area contributed by atoms with Gasteiger partial charge < -0.3 is 4.74 Å². The first-order valence-corrected chi connectivity index (χ1v) is 8.92. The predicted octanol–water partition coefficient (Wildman–Crippen LogP) is 7.26. The number of hydrogen-bond acceptors (Lipinski definition) is 1. The molecule has 0 aliphatic heterocycles. The quantitative estimate of drug-likeness (QED) is 0.286. The smallest absolute Gasteiger partial charge is 0.422 e. The molecule has 0 saturated carbocycles. The second kappa shape index (κ2) is 8.56. The Morgan fingerprint density at radius 3 is 2.06 bits per heavy atom. The van der Waals surface area contributed by atoms with Crippen molar-refractivity contribution in [3.05, 3.63) is 77.6 Å². The Kier molecular flexibility index (Phi) is 6.24. The van der Waals surface area contributed by atoms with Crippen LogP contribution in [0.1, 0.15) is 12.0 Å². The van der Waals surface area contributed by atoms with Crippen LogP contribution in [0.5, 0.6) is 5.75 Å². The van der Waals surface area contributed by atoms with Crippen molar-refractivity contribution in [2.24, 2.45) is 0 Å². The lowest BCUT2D eigenvalue weighted by atomic mass is 9.97. The number of halogens is 8. The Bertz CT molecular complexity index is 1130. The first kappa shape index (κ1) is 22.6. The minimum absolute atomic E-state index is 0.320. The van der Waals surface area contributed by atoms with Gasteiger partial charge in [0.15, 0.2) is 24.0 Å². The molecule has 0 aromatic heterocycles. The van der Waals surface area contributed by atoms with E-state index in [-0.39, 0.29) is 5.56 Å². The number of rotatable bonds is 6. The van der Waals surface area contributed by atoms with Crippen molar-refractivity contribution in [2.45, 2.75) is 19.0 Å². The summed E-state index contributed by atoms with van der Waals surface area (Å²) in [7, 11) is 0. The summed E-state index contributed by atoms with van der Waals surface area (Å²) in [5.74, 6) is -7.99. The molecule has 3 aromatic rings. The predicted molar refractivity (Wildman–Crippen MR) is 99.2 cm³/mol. The zero-order valence-electron chi connectivity index (χ0n) is 15.7. The summed E-state index contributed by atoms with van der Waals surface area (Å²) in [6.45, 7) is 1.53. The van der Waals surface area contributed by atoms with Gasteiger partial charge >= 0.3 is 6.18 Å². The average molecular weight is 446 g/mol. The van der Waals surface area contributed by atoms with Crippen LogP contribution in [-0.2, 0) is 6.42 Å².